The number of hydrogen-bond acceptors (Lipinski definition) is 7. The van der Waals surface area contributed by atoms with Crippen LogP contribution in [-0.4, -0.2) is 38.8 Å². The SMILES string of the molecule is Cc1nc2cc(NC(=O)C3CC34CCN(Cc3ccc(Oc5ncccn5)cc3)CC4)ccc2s1. The standard InChI is InChI=1S/C27H27N5O2S/c1-18-30-23-15-20(5-8-24(23)35-18)31-25(33)22-16-27(22)9-13-32(14-10-27)17-19-3-6-21(7-4-19)34-26-28-11-2-12-29-26/h2-8,11-12,15,22H,9-10,13-14,16-17H2,1H3,(H,31,33). The molecule has 0 bridgehead atoms. The monoisotopic (exact) mass is 485 g/mol. The van der Waals surface area contributed by atoms with Crippen molar-refractivity contribution in [2.75, 3.05) is 18.4 Å². The lowest BCUT2D eigenvalue weighted by Crippen LogP contribution is -2.35. The largest absolute Gasteiger partial charge is 0.424 e. The highest BCUT2D eigenvalue weighted by molar-refractivity contribution is 7.18. The Kier molecular flexibility index (Phi) is 5.70. The minimum Gasteiger partial charge on any atom is -0.424 e. The summed E-state index contributed by atoms with van der Waals surface area (Å²) < 4.78 is 6.84. The molecule has 2 aromatic carbocycles. The molecule has 1 amide bonds. The molecule has 178 valence electrons. The third-order valence-electron chi connectivity index (χ3n) is 7.20. The van der Waals surface area contributed by atoms with Gasteiger partial charge in [0.15, 0.2) is 0 Å². The van der Waals surface area contributed by atoms with Gasteiger partial charge in [-0.2, -0.15) is 0 Å². The topological polar surface area (TPSA) is 80.2 Å². The second-order valence-electron chi connectivity index (χ2n) is 9.58. The lowest BCUT2D eigenvalue weighted by molar-refractivity contribution is -0.118. The number of nitrogens with zero attached hydrogens (tertiary/aromatic N) is 4. The third kappa shape index (κ3) is 4.76. The summed E-state index contributed by atoms with van der Waals surface area (Å²) in [6.45, 7) is 4.95. The van der Waals surface area contributed by atoms with Gasteiger partial charge in [-0.1, -0.05) is 12.1 Å². The first-order chi connectivity index (χ1) is 17.1. The Morgan fingerprint density at radius 3 is 2.69 bits per heavy atom. The first kappa shape index (κ1) is 22.1. The molecular weight excluding hydrogens is 458 g/mol. The average molecular weight is 486 g/mol. The number of rotatable bonds is 6. The van der Waals surface area contributed by atoms with E-state index >= 15 is 0 Å². The quantitative estimate of drug-likeness (QED) is 0.392. The fourth-order valence-electron chi connectivity index (χ4n) is 5.14. The van der Waals surface area contributed by atoms with E-state index in [1.807, 2.05) is 37.3 Å². The maximum atomic E-state index is 13.0. The number of ether oxygens (including phenoxy) is 1. The van der Waals surface area contributed by atoms with Crippen molar-refractivity contribution in [3.63, 3.8) is 0 Å². The van der Waals surface area contributed by atoms with Gasteiger partial charge in [-0.3, -0.25) is 9.69 Å². The van der Waals surface area contributed by atoms with Crippen LogP contribution in [0.2, 0.25) is 0 Å². The predicted molar refractivity (Wildman–Crippen MR) is 137 cm³/mol. The van der Waals surface area contributed by atoms with Crippen LogP contribution in [0.25, 0.3) is 10.2 Å². The van der Waals surface area contributed by atoms with Crippen molar-refractivity contribution in [1.82, 2.24) is 19.9 Å². The van der Waals surface area contributed by atoms with E-state index in [0.717, 1.165) is 65.6 Å². The summed E-state index contributed by atoms with van der Waals surface area (Å²) in [4.78, 5) is 28.2. The van der Waals surface area contributed by atoms with Crippen molar-refractivity contribution in [3.05, 3.63) is 71.5 Å². The van der Waals surface area contributed by atoms with E-state index in [1.165, 1.54) is 5.56 Å². The van der Waals surface area contributed by atoms with Gasteiger partial charge in [0.1, 0.15) is 5.75 Å². The number of anilines is 1. The second kappa shape index (κ2) is 9.02. The highest BCUT2D eigenvalue weighted by Gasteiger charge is 2.58. The van der Waals surface area contributed by atoms with E-state index in [4.69, 9.17) is 4.74 Å². The molecule has 0 radical (unpaired) electrons. The molecule has 1 N–H and O–H groups in total. The van der Waals surface area contributed by atoms with Crippen LogP contribution in [0.5, 0.6) is 11.8 Å². The van der Waals surface area contributed by atoms with Crippen molar-refractivity contribution < 1.29 is 9.53 Å². The van der Waals surface area contributed by atoms with Crippen molar-refractivity contribution in [3.8, 4) is 11.8 Å². The molecule has 1 saturated carbocycles. The molecular formula is C27H27N5O2S. The zero-order valence-corrected chi connectivity index (χ0v) is 20.4. The molecule has 2 fully saturated rings. The summed E-state index contributed by atoms with van der Waals surface area (Å²) in [6.07, 6.45) is 6.47. The Morgan fingerprint density at radius 2 is 1.91 bits per heavy atom. The summed E-state index contributed by atoms with van der Waals surface area (Å²) in [5.74, 6) is 1.00. The molecule has 1 aliphatic heterocycles. The predicted octanol–water partition coefficient (Wildman–Crippen LogP) is 5.43. The van der Waals surface area contributed by atoms with Crippen LogP contribution < -0.4 is 10.1 Å². The van der Waals surface area contributed by atoms with Crippen LogP contribution in [0.3, 0.4) is 0 Å². The molecule has 1 unspecified atom stereocenters. The van der Waals surface area contributed by atoms with Crippen LogP contribution in [0.15, 0.2) is 60.9 Å². The Balaban J connectivity index is 0.999. The zero-order valence-electron chi connectivity index (χ0n) is 19.6. The van der Waals surface area contributed by atoms with E-state index in [-0.39, 0.29) is 17.2 Å². The summed E-state index contributed by atoms with van der Waals surface area (Å²) in [5.41, 5.74) is 3.23. The fourth-order valence-corrected chi connectivity index (χ4v) is 5.95. The summed E-state index contributed by atoms with van der Waals surface area (Å²) in [5, 5.41) is 4.19. The molecule has 2 aliphatic rings. The molecule has 1 saturated heterocycles. The van der Waals surface area contributed by atoms with Crippen LogP contribution in [0.4, 0.5) is 5.69 Å². The normalized spacial score (nSPS) is 19.1. The molecule has 8 heteroatoms. The number of fused-ring (bicyclic) bond motifs is 1. The minimum absolute atomic E-state index is 0.120. The number of piperidine rings is 1. The molecule has 4 aromatic rings. The number of likely N-dealkylation sites (tertiary alicyclic amines) is 1. The van der Waals surface area contributed by atoms with Gasteiger partial charge < -0.3 is 10.1 Å². The number of carbonyl (C=O) groups is 1. The summed E-state index contributed by atoms with van der Waals surface area (Å²) in [6, 6.07) is 16.2. The van der Waals surface area contributed by atoms with Crippen LogP contribution in [0, 0.1) is 18.3 Å². The third-order valence-corrected chi connectivity index (χ3v) is 8.15. The van der Waals surface area contributed by atoms with Gasteiger partial charge in [-0.05, 0) is 86.7 Å². The lowest BCUT2D eigenvalue weighted by atomic mass is 9.90. The number of aryl methyl sites for hydroxylation is 1. The summed E-state index contributed by atoms with van der Waals surface area (Å²) >= 11 is 1.68. The molecule has 2 aromatic heterocycles. The number of amides is 1. The lowest BCUT2D eigenvalue weighted by Gasteiger charge is -2.32. The van der Waals surface area contributed by atoms with Gasteiger partial charge in [0, 0.05) is 30.5 Å². The number of aromatic nitrogens is 3. The van der Waals surface area contributed by atoms with Crippen LogP contribution >= 0.6 is 11.3 Å². The number of carbonyl (C=O) groups excluding carboxylic acids is 1. The van der Waals surface area contributed by atoms with Crippen LogP contribution in [0.1, 0.15) is 29.8 Å². The van der Waals surface area contributed by atoms with E-state index in [9.17, 15) is 4.79 Å². The zero-order chi connectivity index (χ0) is 23.8. The van der Waals surface area contributed by atoms with Gasteiger partial charge in [0.25, 0.3) is 0 Å². The Labute approximate surface area is 208 Å². The maximum absolute atomic E-state index is 13.0. The Bertz CT molecular complexity index is 1350. The number of thiazole rings is 1. The van der Waals surface area contributed by atoms with Crippen molar-refractivity contribution in [2.24, 2.45) is 11.3 Å². The van der Waals surface area contributed by atoms with E-state index in [0.29, 0.717) is 6.01 Å². The molecule has 3 heterocycles. The molecule has 35 heavy (non-hydrogen) atoms. The molecule has 1 aliphatic carbocycles. The van der Waals surface area contributed by atoms with Gasteiger partial charge in [-0.25, -0.2) is 15.0 Å². The highest BCUT2D eigenvalue weighted by Crippen LogP contribution is 2.59. The Hall–Kier alpha value is -3.36. The Morgan fingerprint density at radius 1 is 1.14 bits per heavy atom. The van der Waals surface area contributed by atoms with E-state index in [2.05, 4.69) is 37.3 Å². The molecule has 7 nitrogen and oxygen atoms in total. The smallest absolute Gasteiger partial charge is 0.321 e. The maximum Gasteiger partial charge on any atom is 0.321 e. The van der Waals surface area contributed by atoms with Crippen molar-refractivity contribution in [2.45, 2.75) is 32.7 Å². The number of hydrogen-bond donors (Lipinski definition) is 1. The fraction of sp³-hybridized carbons (Fsp3) is 0.333. The molecule has 1 spiro atoms. The average Bonchev–Trinajstić information content (AvgIpc) is 3.44. The van der Waals surface area contributed by atoms with Crippen molar-refractivity contribution in [1.29, 1.82) is 0 Å². The van der Waals surface area contributed by atoms with Crippen LogP contribution in [-0.2, 0) is 11.3 Å². The summed E-state index contributed by atoms with van der Waals surface area (Å²) in [7, 11) is 0. The van der Waals surface area contributed by atoms with E-state index < -0.39 is 0 Å². The van der Waals surface area contributed by atoms with Gasteiger partial charge in [0.05, 0.1) is 15.2 Å². The second-order valence-corrected chi connectivity index (χ2v) is 10.8. The van der Waals surface area contributed by atoms with E-state index in [1.54, 1.807) is 29.8 Å². The van der Waals surface area contributed by atoms with Gasteiger partial charge >= 0.3 is 6.01 Å². The molecule has 1 atom stereocenters. The minimum atomic E-state index is 0.120. The molecule has 6 rings (SSSR count). The van der Waals surface area contributed by atoms with Crippen molar-refractivity contribution >= 4 is 33.1 Å². The van der Waals surface area contributed by atoms with Gasteiger partial charge in [-0.15, -0.1) is 11.3 Å². The first-order valence-corrected chi connectivity index (χ1v) is 12.8. The highest BCUT2D eigenvalue weighted by atomic mass is 32.1. The number of nitrogens with one attached hydrogen (secondary N) is 1. The number of benzene rings is 2. The first-order valence-electron chi connectivity index (χ1n) is 12.0. The van der Waals surface area contributed by atoms with Gasteiger partial charge in [0.2, 0.25) is 5.91 Å².